The zero-order valence-corrected chi connectivity index (χ0v) is 12.1. The average Bonchev–Trinajstić information content (AvgIpc) is 2.65. The highest BCUT2D eigenvalue weighted by atomic mass is 32.1. The molecule has 0 atom stereocenters. The molecule has 0 bridgehead atoms. The molecule has 2 heterocycles. The van der Waals surface area contributed by atoms with Crippen molar-refractivity contribution in [1.29, 1.82) is 0 Å². The third-order valence-corrected chi connectivity index (χ3v) is 4.09. The maximum atomic E-state index is 5.35. The van der Waals surface area contributed by atoms with Crippen molar-refractivity contribution in [2.45, 2.75) is 27.2 Å². The molecule has 2 aromatic heterocycles. The number of rotatable bonds is 5. The van der Waals surface area contributed by atoms with Gasteiger partial charge >= 0.3 is 0 Å². The number of anilines is 1. The summed E-state index contributed by atoms with van der Waals surface area (Å²) in [6.07, 6.45) is 0.758. The minimum atomic E-state index is 0.675. The summed E-state index contributed by atoms with van der Waals surface area (Å²) < 4.78 is 5.35. The lowest BCUT2D eigenvalue weighted by molar-refractivity contribution is 0.149. The molecule has 0 fully saturated rings. The van der Waals surface area contributed by atoms with Crippen LogP contribution in [-0.2, 0) is 11.2 Å². The predicted octanol–water partition coefficient (Wildman–Crippen LogP) is 2.93. The molecule has 0 amide bonds. The molecule has 0 aromatic carbocycles. The fourth-order valence-electron chi connectivity index (χ4n) is 1.89. The molecule has 2 rings (SSSR count). The van der Waals surface area contributed by atoms with Crippen molar-refractivity contribution < 1.29 is 4.74 Å². The van der Waals surface area contributed by atoms with Crippen molar-refractivity contribution >= 4 is 27.4 Å². The largest absolute Gasteiger partial charge is 0.381 e. The molecule has 0 saturated carbocycles. The van der Waals surface area contributed by atoms with Gasteiger partial charge in [0, 0.05) is 25.0 Å². The lowest BCUT2D eigenvalue weighted by atomic mass is 10.2. The number of fused-ring (bicyclic) bond motifs is 1. The van der Waals surface area contributed by atoms with Crippen molar-refractivity contribution in [2.75, 3.05) is 25.6 Å². The van der Waals surface area contributed by atoms with Gasteiger partial charge in [0.15, 0.2) is 0 Å². The molecular weight excluding hydrogens is 246 g/mol. The van der Waals surface area contributed by atoms with E-state index in [1.54, 1.807) is 11.3 Å². The van der Waals surface area contributed by atoms with Crippen LogP contribution in [0.5, 0.6) is 0 Å². The van der Waals surface area contributed by atoms with Gasteiger partial charge in [0.25, 0.3) is 0 Å². The summed E-state index contributed by atoms with van der Waals surface area (Å²) in [4.78, 5) is 11.6. The number of ether oxygens (including phenoxy) is 1. The van der Waals surface area contributed by atoms with Crippen molar-refractivity contribution in [3.8, 4) is 0 Å². The first-order chi connectivity index (χ1) is 8.67. The van der Waals surface area contributed by atoms with Crippen molar-refractivity contribution in [3.63, 3.8) is 0 Å². The number of aromatic nitrogens is 2. The van der Waals surface area contributed by atoms with Crippen molar-refractivity contribution in [3.05, 3.63) is 16.3 Å². The Bertz CT molecular complexity index is 551. The molecule has 0 saturated heterocycles. The first-order valence-electron chi connectivity index (χ1n) is 6.19. The van der Waals surface area contributed by atoms with Gasteiger partial charge in [-0.05, 0) is 26.3 Å². The standard InChI is InChI=1S/C13H19N3OS/c1-5-17-7-6-10-15-12(14-4)11-8(2)9(3)18-13(11)16-10/h5-7H2,1-4H3,(H,14,15,16). The van der Waals surface area contributed by atoms with Gasteiger partial charge in [0.1, 0.15) is 16.5 Å². The first-order valence-corrected chi connectivity index (χ1v) is 7.01. The van der Waals surface area contributed by atoms with Crippen LogP contribution in [0.2, 0.25) is 0 Å². The Morgan fingerprint density at radius 2 is 2.06 bits per heavy atom. The van der Waals surface area contributed by atoms with Crippen molar-refractivity contribution in [2.24, 2.45) is 0 Å². The molecule has 2 aromatic rings. The highest BCUT2D eigenvalue weighted by Gasteiger charge is 2.13. The minimum Gasteiger partial charge on any atom is -0.381 e. The Balaban J connectivity index is 2.40. The Kier molecular flexibility index (Phi) is 4.14. The molecule has 0 aliphatic heterocycles. The van der Waals surface area contributed by atoms with Gasteiger partial charge < -0.3 is 10.1 Å². The summed E-state index contributed by atoms with van der Waals surface area (Å²) in [6, 6.07) is 0. The monoisotopic (exact) mass is 265 g/mol. The Morgan fingerprint density at radius 3 is 2.72 bits per heavy atom. The van der Waals surface area contributed by atoms with E-state index >= 15 is 0 Å². The van der Waals surface area contributed by atoms with Crippen LogP contribution < -0.4 is 5.32 Å². The molecule has 0 aliphatic carbocycles. The second kappa shape index (κ2) is 5.63. The fourth-order valence-corrected chi connectivity index (χ4v) is 2.94. The topological polar surface area (TPSA) is 47.0 Å². The van der Waals surface area contributed by atoms with E-state index in [0.717, 1.165) is 34.9 Å². The van der Waals surface area contributed by atoms with Crippen LogP contribution >= 0.6 is 11.3 Å². The van der Waals surface area contributed by atoms with E-state index in [1.165, 1.54) is 10.4 Å². The molecule has 98 valence electrons. The molecule has 0 radical (unpaired) electrons. The number of nitrogens with one attached hydrogen (secondary N) is 1. The maximum absolute atomic E-state index is 5.35. The van der Waals surface area contributed by atoms with Crippen molar-refractivity contribution in [1.82, 2.24) is 9.97 Å². The number of hydrogen-bond donors (Lipinski definition) is 1. The SMILES string of the molecule is CCOCCc1nc(NC)c2c(C)c(C)sc2n1. The number of thiophene rings is 1. The second-order valence-corrected chi connectivity index (χ2v) is 5.35. The third-order valence-electron chi connectivity index (χ3n) is 2.99. The zero-order chi connectivity index (χ0) is 13.1. The Hall–Kier alpha value is -1.20. The van der Waals surface area contributed by atoms with E-state index in [4.69, 9.17) is 4.74 Å². The van der Waals surface area contributed by atoms with Gasteiger partial charge in [0.05, 0.1) is 12.0 Å². The van der Waals surface area contributed by atoms with Gasteiger partial charge in [-0.15, -0.1) is 11.3 Å². The van der Waals surface area contributed by atoms with E-state index in [2.05, 4.69) is 29.1 Å². The summed E-state index contributed by atoms with van der Waals surface area (Å²) >= 11 is 1.73. The number of aryl methyl sites for hydroxylation is 2. The number of nitrogens with zero attached hydrogens (tertiary/aromatic N) is 2. The van der Waals surface area contributed by atoms with Crippen LogP contribution in [0.1, 0.15) is 23.2 Å². The molecule has 5 heteroatoms. The van der Waals surface area contributed by atoms with E-state index < -0.39 is 0 Å². The smallest absolute Gasteiger partial charge is 0.138 e. The second-order valence-electron chi connectivity index (χ2n) is 4.15. The van der Waals surface area contributed by atoms with Crippen LogP contribution in [-0.4, -0.2) is 30.2 Å². The quantitative estimate of drug-likeness (QED) is 0.844. The zero-order valence-electron chi connectivity index (χ0n) is 11.3. The predicted molar refractivity (Wildman–Crippen MR) is 76.6 cm³/mol. The summed E-state index contributed by atoms with van der Waals surface area (Å²) in [6.45, 7) is 7.65. The molecular formula is C13H19N3OS. The summed E-state index contributed by atoms with van der Waals surface area (Å²) in [5.41, 5.74) is 1.27. The minimum absolute atomic E-state index is 0.675. The molecule has 0 spiro atoms. The molecule has 4 nitrogen and oxygen atoms in total. The maximum Gasteiger partial charge on any atom is 0.138 e. The van der Waals surface area contributed by atoms with E-state index in [9.17, 15) is 0 Å². The first kappa shape index (κ1) is 13.2. The normalized spacial score (nSPS) is 11.1. The highest BCUT2D eigenvalue weighted by Crippen LogP contribution is 2.32. The lowest BCUT2D eigenvalue weighted by Gasteiger charge is -2.06. The highest BCUT2D eigenvalue weighted by molar-refractivity contribution is 7.18. The van der Waals surface area contributed by atoms with Crippen LogP contribution in [0, 0.1) is 13.8 Å². The Morgan fingerprint density at radius 1 is 1.28 bits per heavy atom. The Labute approximate surface area is 111 Å². The van der Waals surface area contributed by atoms with Gasteiger partial charge in [-0.1, -0.05) is 0 Å². The van der Waals surface area contributed by atoms with Crippen LogP contribution in [0.15, 0.2) is 0 Å². The number of hydrogen-bond acceptors (Lipinski definition) is 5. The lowest BCUT2D eigenvalue weighted by Crippen LogP contribution is -2.05. The molecule has 0 aliphatic rings. The van der Waals surface area contributed by atoms with Gasteiger partial charge in [-0.25, -0.2) is 9.97 Å². The van der Waals surface area contributed by atoms with E-state index in [0.29, 0.717) is 6.61 Å². The van der Waals surface area contributed by atoms with E-state index in [-0.39, 0.29) is 0 Å². The van der Waals surface area contributed by atoms with E-state index in [1.807, 2.05) is 14.0 Å². The summed E-state index contributed by atoms with van der Waals surface area (Å²) in [7, 11) is 1.90. The van der Waals surface area contributed by atoms with Gasteiger partial charge in [-0.3, -0.25) is 0 Å². The van der Waals surface area contributed by atoms with Crippen LogP contribution in [0.3, 0.4) is 0 Å². The molecule has 0 unspecified atom stereocenters. The molecule has 18 heavy (non-hydrogen) atoms. The van der Waals surface area contributed by atoms with Crippen LogP contribution in [0.4, 0.5) is 5.82 Å². The fraction of sp³-hybridized carbons (Fsp3) is 0.538. The summed E-state index contributed by atoms with van der Waals surface area (Å²) in [5, 5.41) is 4.32. The third kappa shape index (κ3) is 2.47. The summed E-state index contributed by atoms with van der Waals surface area (Å²) in [5.74, 6) is 1.77. The average molecular weight is 265 g/mol. The molecule has 1 N–H and O–H groups in total. The van der Waals surface area contributed by atoms with Gasteiger partial charge in [0.2, 0.25) is 0 Å². The van der Waals surface area contributed by atoms with Crippen LogP contribution in [0.25, 0.3) is 10.2 Å². The van der Waals surface area contributed by atoms with Gasteiger partial charge in [-0.2, -0.15) is 0 Å².